The van der Waals surface area contributed by atoms with E-state index in [9.17, 15) is 9.59 Å². The van der Waals surface area contributed by atoms with Crippen LogP contribution in [-0.4, -0.2) is 47.2 Å². The van der Waals surface area contributed by atoms with E-state index in [0.29, 0.717) is 41.6 Å². The van der Waals surface area contributed by atoms with Gasteiger partial charge in [-0.05, 0) is 57.0 Å². The molecule has 0 bridgehead atoms. The van der Waals surface area contributed by atoms with Gasteiger partial charge < -0.3 is 14.2 Å². The van der Waals surface area contributed by atoms with Gasteiger partial charge in [-0.25, -0.2) is 4.79 Å². The standard InChI is InChI=1S/C28H20Br2N4O3/c29-19-14-18-15-22(28(36)37-26(18)23(30)16-19)27(35)34-12-10-33(11-13-34)25-9-8-24(31-32-25)21-7-3-5-17-4-1-2-6-20(17)21/h1-9,14-16H,10-13H2. The van der Waals surface area contributed by atoms with Crippen molar-refractivity contribution in [3.63, 3.8) is 0 Å². The van der Waals surface area contributed by atoms with E-state index in [-0.39, 0.29) is 11.5 Å². The van der Waals surface area contributed by atoms with Crippen molar-refractivity contribution in [3.05, 3.63) is 97.7 Å². The molecule has 1 fully saturated rings. The number of carbonyl (C=O) groups excluding carboxylic acids is 1. The van der Waals surface area contributed by atoms with Crippen LogP contribution in [0.25, 0.3) is 33.0 Å². The Bertz CT molecular complexity index is 1710. The van der Waals surface area contributed by atoms with Gasteiger partial charge in [-0.3, -0.25) is 4.79 Å². The van der Waals surface area contributed by atoms with Gasteiger partial charge in [0.2, 0.25) is 0 Å². The van der Waals surface area contributed by atoms with E-state index in [1.54, 1.807) is 17.0 Å². The third kappa shape index (κ3) is 4.53. The fourth-order valence-corrected chi connectivity index (χ4v) is 6.04. The Balaban J connectivity index is 1.18. The number of amides is 1. The summed E-state index contributed by atoms with van der Waals surface area (Å²) in [6.45, 7) is 2.10. The lowest BCUT2D eigenvalue weighted by atomic mass is 10.0. The van der Waals surface area contributed by atoms with Crippen LogP contribution < -0.4 is 10.5 Å². The number of halogens is 2. The molecular weight excluding hydrogens is 600 g/mol. The van der Waals surface area contributed by atoms with E-state index in [4.69, 9.17) is 4.42 Å². The fraction of sp³-hybridized carbons (Fsp3) is 0.143. The molecule has 6 rings (SSSR count). The summed E-state index contributed by atoms with van der Waals surface area (Å²) < 4.78 is 6.92. The van der Waals surface area contributed by atoms with Gasteiger partial charge in [0.05, 0.1) is 10.2 Å². The van der Waals surface area contributed by atoms with Crippen LogP contribution in [0, 0.1) is 0 Å². The maximum Gasteiger partial charge on any atom is 0.349 e. The Labute approximate surface area is 229 Å². The van der Waals surface area contributed by atoms with Crippen molar-refractivity contribution < 1.29 is 9.21 Å². The predicted octanol–water partition coefficient (Wildman–Crippen LogP) is 5.89. The molecule has 1 saturated heterocycles. The Morgan fingerprint density at radius 3 is 2.41 bits per heavy atom. The lowest BCUT2D eigenvalue weighted by molar-refractivity contribution is 0.0742. The lowest BCUT2D eigenvalue weighted by Gasteiger charge is -2.35. The summed E-state index contributed by atoms with van der Waals surface area (Å²) >= 11 is 6.84. The van der Waals surface area contributed by atoms with Gasteiger partial charge in [-0.15, -0.1) is 10.2 Å². The van der Waals surface area contributed by atoms with Gasteiger partial charge in [-0.2, -0.15) is 0 Å². The van der Waals surface area contributed by atoms with Crippen LogP contribution in [0.4, 0.5) is 5.82 Å². The van der Waals surface area contributed by atoms with Gasteiger partial charge in [0, 0.05) is 41.6 Å². The molecule has 1 aliphatic heterocycles. The number of rotatable bonds is 3. The summed E-state index contributed by atoms with van der Waals surface area (Å²) in [7, 11) is 0. The number of piperazine rings is 1. The molecule has 184 valence electrons. The summed E-state index contributed by atoms with van der Waals surface area (Å²) in [4.78, 5) is 29.6. The van der Waals surface area contributed by atoms with Gasteiger partial charge in [0.15, 0.2) is 11.4 Å². The number of hydrogen-bond donors (Lipinski definition) is 0. The van der Waals surface area contributed by atoms with Crippen LogP contribution in [0.5, 0.6) is 0 Å². The summed E-state index contributed by atoms with van der Waals surface area (Å²) in [6.07, 6.45) is 0. The van der Waals surface area contributed by atoms with Crippen LogP contribution in [0.3, 0.4) is 0 Å². The molecule has 0 unspecified atom stereocenters. The third-order valence-corrected chi connectivity index (χ3v) is 7.64. The predicted molar refractivity (Wildman–Crippen MR) is 151 cm³/mol. The van der Waals surface area contributed by atoms with Crippen molar-refractivity contribution in [2.24, 2.45) is 0 Å². The van der Waals surface area contributed by atoms with Crippen molar-refractivity contribution in [2.45, 2.75) is 0 Å². The zero-order chi connectivity index (χ0) is 25.5. The highest BCUT2D eigenvalue weighted by molar-refractivity contribution is 9.11. The normalized spacial score (nSPS) is 13.9. The number of aromatic nitrogens is 2. The number of hydrogen-bond acceptors (Lipinski definition) is 6. The van der Waals surface area contributed by atoms with Crippen LogP contribution in [0.1, 0.15) is 10.4 Å². The molecule has 0 spiro atoms. The van der Waals surface area contributed by atoms with Gasteiger partial charge >= 0.3 is 5.63 Å². The van der Waals surface area contributed by atoms with Gasteiger partial charge in [-0.1, -0.05) is 58.4 Å². The molecule has 37 heavy (non-hydrogen) atoms. The number of carbonyl (C=O) groups is 1. The molecule has 1 aliphatic rings. The van der Waals surface area contributed by atoms with Crippen molar-refractivity contribution in [1.29, 1.82) is 0 Å². The Hall–Kier alpha value is -3.56. The molecule has 0 N–H and O–H groups in total. The monoisotopic (exact) mass is 618 g/mol. The van der Waals surface area contributed by atoms with Crippen molar-refractivity contribution in [2.75, 3.05) is 31.1 Å². The number of benzene rings is 3. The molecule has 0 aliphatic carbocycles. The molecular formula is C28H20Br2N4O3. The first-order chi connectivity index (χ1) is 18.0. The highest BCUT2D eigenvalue weighted by atomic mass is 79.9. The second-order valence-corrected chi connectivity index (χ2v) is 10.6. The maximum atomic E-state index is 13.2. The highest BCUT2D eigenvalue weighted by Gasteiger charge is 2.26. The van der Waals surface area contributed by atoms with Gasteiger partial charge in [0.1, 0.15) is 5.56 Å². The van der Waals surface area contributed by atoms with E-state index in [1.165, 1.54) is 0 Å². The van der Waals surface area contributed by atoms with E-state index in [0.717, 1.165) is 32.3 Å². The molecule has 5 aromatic rings. The first-order valence-electron chi connectivity index (χ1n) is 11.8. The quantitative estimate of drug-likeness (QED) is 0.234. The van der Waals surface area contributed by atoms with Crippen LogP contribution in [0.2, 0.25) is 0 Å². The maximum absolute atomic E-state index is 13.2. The smallest absolute Gasteiger partial charge is 0.349 e. The minimum Gasteiger partial charge on any atom is -0.421 e. The number of fused-ring (bicyclic) bond motifs is 2. The minimum absolute atomic E-state index is 0.0326. The number of nitrogens with zero attached hydrogens (tertiary/aromatic N) is 4. The van der Waals surface area contributed by atoms with Crippen LogP contribution >= 0.6 is 31.9 Å². The Morgan fingerprint density at radius 2 is 1.62 bits per heavy atom. The SMILES string of the molecule is O=C(c1cc2cc(Br)cc(Br)c2oc1=O)N1CCN(c2ccc(-c3cccc4ccccc34)nn2)CC1. The van der Waals surface area contributed by atoms with E-state index < -0.39 is 5.63 Å². The van der Waals surface area contributed by atoms with Gasteiger partial charge in [0.25, 0.3) is 5.91 Å². The van der Waals surface area contributed by atoms with Crippen LogP contribution in [0.15, 0.2) is 91.0 Å². The summed E-state index contributed by atoms with van der Waals surface area (Å²) in [5.74, 6) is 0.430. The van der Waals surface area contributed by atoms with E-state index >= 15 is 0 Å². The summed E-state index contributed by atoms with van der Waals surface area (Å²) in [6, 6.07) is 23.5. The molecule has 3 aromatic carbocycles. The summed E-state index contributed by atoms with van der Waals surface area (Å²) in [5, 5.41) is 11.9. The molecule has 9 heteroatoms. The first-order valence-corrected chi connectivity index (χ1v) is 13.4. The topological polar surface area (TPSA) is 79.5 Å². The zero-order valence-corrected chi connectivity index (χ0v) is 22.7. The molecule has 0 radical (unpaired) electrons. The summed E-state index contributed by atoms with van der Waals surface area (Å²) in [5.41, 5.74) is 1.67. The average molecular weight is 620 g/mol. The Morgan fingerprint density at radius 1 is 0.838 bits per heavy atom. The average Bonchev–Trinajstić information content (AvgIpc) is 2.93. The van der Waals surface area contributed by atoms with Crippen molar-refractivity contribution in [1.82, 2.24) is 15.1 Å². The number of anilines is 1. The molecule has 0 atom stereocenters. The van der Waals surface area contributed by atoms with Crippen molar-refractivity contribution >= 4 is 65.3 Å². The second kappa shape index (κ2) is 9.72. The second-order valence-electron chi connectivity index (χ2n) is 8.84. The fourth-order valence-electron chi connectivity index (χ4n) is 4.70. The zero-order valence-electron chi connectivity index (χ0n) is 19.5. The molecule has 3 heterocycles. The highest BCUT2D eigenvalue weighted by Crippen LogP contribution is 2.29. The van der Waals surface area contributed by atoms with Crippen molar-refractivity contribution in [3.8, 4) is 11.3 Å². The molecule has 0 saturated carbocycles. The first kappa shape index (κ1) is 23.8. The minimum atomic E-state index is -0.641. The molecule has 1 amide bonds. The lowest BCUT2D eigenvalue weighted by Crippen LogP contribution is -2.49. The molecule has 7 nitrogen and oxygen atoms in total. The third-order valence-electron chi connectivity index (χ3n) is 6.59. The Kier molecular flexibility index (Phi) is 6.26. The van der Waals surface area contributed by atoms with E-state index in [1.807, 2.05) is 36.4 Å². The van der Waals surface area contributed by atoms with E-state index in [2.05, 4.69) is 71.2 Å². The molecule has 2 aromatic heterocycles. The van der Waals surface area contributed by atoms with Crippen LogP contribution in [-0.2, 0) is 0 Å². The largest absolute Gasteiger partial charge is 0.421 e.